The van der Waals surface area contributed by atoms with Crippen molar-refractivity contribution in [2.45, 2.75) is 0 Å². The van der Waals surface area contributed by atoms with Crippen molar-refractivity contribution in [2.75, 3.05) is 65.5 Å². The lowest BCUT2D eigenvalue weighted by atomic mass is 10.3. The van der Waals surface area contributed by atoms with E-state index in [2.05, 4.69) is 0 Å². The minimum Gasteiger partial charge on any atom is -0.480 e. The van der Waals surface area contributed by atoms with Gasteiger partial charge in [-0.1, -0.05) is 0 Å². The fourth-order valence-corrected chi connectivity index (χ4v) is 2.24. The largest absolute Gasteiger partial charge is 0.480 e. The van der Waals surface area contributed by atoms with Gasteiger partial charge in [0.2, 0.25) is 0 Å². The average Bonchev–Trinajstić information content (AvgIpc) is 2.47. The standard InChI is InChI=1S/C14H25N3O9/c18-6-5-15(1-3-16(7-11(19)20)8-12(21)22)2-4-17(9-13(23)24)10-14(25)26/h18H,1-10H2,(H,19,20)(H,21,22)(H,23,24)(H,25,26). The maximum Gasteiger partial charge on any atom is 0.317 e. The third kappa shape index (κ3) is 13.1. The molecule has 0 spiro atoms. The van der Waals surface area contributed by atoms with Crippen LogP contribution in [0.1, 0.15) is 0 Å². The van der Waals surface area contributed by atoms with E-state index in [0.717, 1.165) is 0 Å². The maximum absolute atomic E-state index is 10.8. The molecule has 0 atom stereocenters. The van der Waals surface area contributed by atoms with Crippen LogP contribution in [0.15, 0.2) is 0 Å². The number of rotatable bonds is 16. The number of carboxylic acids is 4. The van der Waals surface area contributed by atoms with Gasteiger partial charge >= 0.3 is 23.9 Å². The van der Waals surface area contributed by atoms with Gasteiger partial charge in [0.25, 0.3) is 0 Å². The predicted molar refractivity (Wildman–Crippen MR) is 86.9 cm³/mol. The second-order valence-corrected chi connectivity index (χ2v) is 5.56. The van der Waals surface area contributed by atoms with Gasteiger partial charge in [0.1, 0.15) is 0 Å². The van der Waals surface area contributed by atoms with Crippen molar-refractivity contribution in [2.24, 2.45) is 0 Å². The zero-order valence-electron chi connectivity index (χ0n) is 14.3. The van der Waals surface area contributed by atoms with Crippen LogP contribution in [0.5, 0.6) is 0 Å². The van der Waals surface area contributed by atoms with Crippen LogP contribution in [0, 0.1) is 0 Å². The molecule has 0 rings (SSSR count). The molecular formula is C14H25N3O9. The molecule has 0 bridgehead atoms. The molecule has 26 heavy (non-hydrogen) atoms. The molecule has 0 saturated carbocycles. The van der Waals surface area contributed by atoms with Crippen molar-refractivity contribution in [1.82, 2.24) is 14.7 Å². The number of hydrogen-bond donors (Lipinski definition) is 5. The molecule has 12 nitrogen and oxygen atoms in total. The molecule has 0 aromatic rings. The Kier molecular flexibility index (Phi) is 11.9. The van der Waals surface area contributed by atoms with E-state index < -0.39 is 50.1 Å². The average molecular weight is 379 g/mol. The van der Waals surface area contributed by atoms with Gasteiger partial charge in [0.05, 0.1) is 32.8 Å². The highest BCUT2D eigenvalue weighted by Crippen LogP contribution is 1.96. The van der Waals surface area contributed by atoms with Gasteiger partial charge < -0.3 is 25.5 Å². The van der Waals surface area contributed by atoms with E-state index in [9.17, 15) is 19.2 Å². The van der Waals surface area contributed by atoms with Gasteiger partial charge in [-0.25, -0.2) is 0 Å². The summed E-state index contributed by atoms with van der Waals surface area (Å²) in [4.78, 5) is 47.2. The van der Waals surface area contributed by atoms with E-state index in [4.69, 9.17) is 25.5 Å². The number of aliphatic hydroxyl groups excluding tert-OH is 1. The predicted octanol–water partition coefficient (Wildman–Crippen LogP) is -2.78. The lowest BCUT2D eigenvalue weighted by molar-refractivity contribution is -0.143. The van der Waals surface area contributed by atoms with Crippen LogP contribution in [0.25, 0.3) is 0 Å². The molecule has 5 N–H and O–H groups in total. The fraction of sp³-hybridized carbons (Fsp3) is 0.714. The van der Waals surface area contributed by atoms with E-state index >= 15 is 0 Å². The minimum atomic E-state index is -1.17. The van der Waals surface area contributed by atoms with Crippen molar-refractivity contribution in [3.63, 3.8) is 0 Å². The number of aliphatic hydroxyl groups is 1. The van der Waals surface area contributed by atoms with Crippen LogP contribution < -0.4 is 0 Å². The molecule has 150 valence electrons. The third-order valence-corrected chi connectivity index (χ3v) is 3.32. The second-order valence-electron chi connectivity index (χ2n) is 5.56. The quantitative estimate of drug-likeness (QED) is 0.186. The van der Waals surface area contributed by atoms with Gasteiger partial charge in [0.15, 0.2) is 0 Å². The first-order valence-electron chi connectivity index (χ1n) is 7.79. The lowest BCUT2D eigenvalue weighted by Gasteiger charge is -2.27. The normalized spacial score (nSPS) is 11.2. The molecule has 0 unspecified atom stereocenters. The Morgan fingerprint density at radius 1 is 0.500 bits per heavy atom. The minimum absolute atomic E-state index is 0.108. The molecule has 0 amide bonds. The van der Waals surface area contributed by atoms with Crippen LogP contribution in [-0.2, 0) is 19.2 Å². The van der Waals surface area contributed by atoms with E-state index in [0.29, 0.717) is 0 Å². The molecule has 0 fully saturated rings. The van der Waals surface area contributed by atoms with E-state index in [-0.39, 0.29) is 39.3 Å². The number of aliphatic carboxylic acids is 4. The third-order valence-electron chi connectivity index (χ3n) is 3.32. The Labute approximate surface area is 149 Å². The molecule has 0 aromatic heterocycles. The summed E-state index contributed by atoms with van der Waals surface area (Å²) in [6.45, 7) is -1.16. The number of nitrogens with zero attached hydrogens (tertiary/aromatic N) is 3. The monoisotopic (exact) mass is 379 g/mol. The fourth-order valence-electron chi connectivity index (χ4n) is 2.24. The summed E-state index contributed by atoms with van der Waals surface area (Å²) in [6.07, 6.45) is 0. The second kappa shape index (κ2) is 13.0. The first kappa shape index (κ1) is 23.7. The Bertz CT molecular complexity index is 414. The summed E-state index contributed by atoms with van der Waals surface area (Å²) in [5.41, 5.74) is 0. The molecule has 0 aliphatic carbocycles. The first-order chi connectivity index (χ1) is 12.1. The van der Waals surface area contributed by atoms with E-state index in [1.807, 2.05) is 0 Å². The molecule has 0 heterocycles. The van der Waals surface area contributed by atoms with E-state index in [1.54, 1.807) is 4.90 Å². The van der Waals surface area contributed by atoms with Crippen molar-refractivity contribution in [1.29, 1.82) is 0 Å². The summed E-state index contributed by atoms with van der Waals surface area (Å²) in [7, 11) is 0. The molecule has 0 saturated heterocycles. The number of carboxylic acid groups (broad SMARTS) is 4. The van der Waals surface area contributed by atoms with Crippen molar-refractivity contribution < 1.29 is 44.7 Å². The van der Waals surface area contributed by atoms with Gasteiger partial charge in [-0.2, -0.15) is 0 Å². The van der Waals surface area contributed by atoms with Crippen LogP contribution in [0.2, 0.25) is 0 Å². The summed E-state index contributed by atoms with van der Waals surface area (Å²) in [5.74, 6) is -4.69. The summed E-state index contributed by atoms with van der Waals surface area (Å²) in [6, 6.07) is 0. The van der Waals surface area contributed by atoms with Crippen LogP contribution >= 0.6 is 0 Å². The first-order valence-corrected chi connectivity index (χ1v) is 7.79. The number of hydrogen-bond acceptors (Lipinski definition) is 8. The molecule has 0 radical (unpaired) electrons. The Morgan fingerprint density at radius 3 is 1.00 bits per heavy atom. The van der Waals surface area contributed by atoms with Gasteiger partial charge in [-0.3, -0.25) is 33.9 Å². The zero-order chi connectivity index (χ0) is 20.1. The Balaban J connectivity index is 4.67. The summed E-state index contributed by atoms with van der Waals surface area (Å²) in [5, 5.41) is 44.3. The molecule has 0 aliphatic rings. The summed E-state index contributed by atoms with van der Waals surface area (Å²) >= 11 is 0. The molecule has 0 aromatic carbocycles. The summed E-state index contributed by atoms with van der Waals surface area (Å²) < 4.78 is 0. The van der Waals surface area contributed by atoms with Crippen LogP contribution in [0.3, 0.4) is 0 Å². The highest BCUT2D eigenvalue weighted by Gasteiger charge is 2.17. The Hall–Kier alpha value is -2.28. The molecule has 0 aliphatic heterocycles. The van der Waals surface area contributed by atoms with Crippen molar-refractivity contribution in [3.05, 3.63) is 0 Å². The van der Waals surface area contributed by atoms with Gasteiger partial charge in [0, 0.05) is 32.7 Å². The molecule has 12 heteroatoms. The Morgan fingerprint density at radius 2 is 0.769 bits per heavy atom. The SMILES string of the molecule is O=C(O)CN(CCN(CCO)CCN(CC(=O)O)CC(=O)O)CC(=O)O. The highest BCUT2D eigenvalue weighted by atomic mass is 16.4. The van der Waals surface area contributed by atoms with E-state index in [1.165, 1.54) is 9.80 Å². The van der Waals surface area contributed by atoms with Crippen molar-refractivity contribution in [3.8, 4) is 0 Å². The molecular weight excluding hydrogens is 354 g/mol. The van der Waals surface area contributed by atoms with Gasteiger partial charge in [-0.05, 0) is 0 Å². The smallest absolute Gasteiger partial charge is 0.317 e. The topological polar surface area (TPSA) is 179 Å². The zero-order valence-corrected chi connectivity index (χ0v) is 14.3. The van der Waals surface area contributed by atoms with Crippen LogP contribution in [-0.4, -0.2) is 130 Å². The lowest BCUT2D eigenvalue weighted by Crippen LogP contribution is -2.44. The highest BCUT2D eigenvalue weighted by molar-refractivity contribution is 5.73. The van der Waals surface area contributed by atoms with Gasteiger partial charge in [-0.15, -0.1) is 0 Å². The number of carbonyl (C=O) groups is 4. The maximum atomic E-state index is 10.8. The van der Waals surface area contributed by atoms with Crippen molar-refractivity contribution >= 4 is 23.9 Å². The van der Waals surface area contributed by atoms with Crippen LogP contribution in [0.4, 0.5) is 0 Å².